The average Bonchev–Trinajstić information content (AvgIpc) is 2.74. The number of hydrogen-bond donors (Lipinski definition) is 1. The van der Waals surface area contributed by atoms with Crippen molar-refractivity contribution in [3.8, 4) is 0 Å². The second-order valence-corrected chi connectivity index (χ2v) is 9.27. The number of aliphatic hydroxyl groups is 1. The fourth-order valence-electron chi connectivity index (χ4n) is 5.27. The molecule has 3 rings (SSSR count). The minimum absolute atomic E-state index is 0.115. The van der Waals surface area contributed by atoms with E-state index in [0.717, 1.165) is 44.1 Å². The molecule has 1 amide bonds. The fraction of sp³-hybridized carbons (Fsp3) is 0.654. The molecule has 2 aliphatic rings. The Hall–Kier alpha value is -1.81. The third-order valence-electron chi connectivity index (χ3n) is 6.81. The van der Waals surface area contributed by atoms with Crippen LogP contribution in [0.5, 0.6) is 0 Å². The van der Waals surface area contributed by atoms with E-state index < -0.39 is 5.60 Å². The molecule has 4 heteroatoms. The summed E-state index contributed by atoms with van der Waals surface area (Å²) in [6.07, 6.45) is 15.6. The monoisotopic (exact) mass is 413 g/mol. The van der Waals surface area contributed by atoms with Crippen molar-refractivity contribution in [2.75, 3.05) is 0 Å². The van der Waals surface area contributed by atoms with Gasteiger partial charge in [0.1, 0.15) is 6.61 Å². The molecular weight excluding hydrogens is 374 g/mol. The Morgan fingerprint density at radius 2 is 1.70 bits per heavy atom. The summed E-state index contributed by atoms with van der Waals surface area (Å²) in [7, 11) is 0. The van der Waals surface area contributed by atoms with Crippen molar-refractivity contribution in [3.63, 3.8) is 0 Å². The number of hydrogen-bond acceptors (Lipinski definition) is 3. The van der Waals surface area contributed by atoms with Crippen molar-refractivity contribution in [2.24, 2.45) is 0 Å². The molecule has 2 saturated heterocycles. The Balaban J connectivity index is 1.43. The summed E-state index contributed by atoms with van der Waals surface area (Å²) in [6.45, 7) is 4.08. The van der Waals surface area contributed by atoms with Crippen molar-refractivity contribution in [1.29, 1.82) is 0 Å². The zero-order chi connectivity index (χ0) is 21.2. The van der Waals surface area contributed by atoms with E-state index in [-0.39, 0.29) is 18.2 Å². The SMILES string of the molecule is C=CCCCCCCCCC1(O)CC2CCCC(C1)N2C(=O)OCc1ccccc1. The first-order valence-electron chi connectivity index (χ1n) is 11.9. The Bertz CT molecular complexity index is 646. The number of amides is 1. The third kappa shape index (κ3) is 6.60. The van der Waals surface area contributed by atoms with E-state index in [1.807, 2.05) is 41.3 Å². The van der Waals surface area contributed by atoms with E-state index in [4.69, 9.17) is 4.74 Å². The zero-order valence-corrected chi connectivity index (χ0v) is 18.4. The molecule has 0 radical (unpaired) electrons. The minimum Gasteiger partial charge on any atom is -0.445 e. The Morgan fingerprint density at radius 1 is 1.07 bits per heavy atom. The quantitative estimate of drug-likeness (QED) is 0.338. The van der Waals surface area contributed by atoms with Gasteiger partial charge in [0.2, 0.25) is 0 Å². The standard InChI is InChI=1S/C26H39NO3/c1-2-3-4-5-6-7-8-12-18-26(29)19-23-16-13-17-24(20-26)27(23)25(28)30-21-22-14-10-9-11-15-22/h2,9-11,14-15,23-24,29H,1,3-8,12-13,16-21H2. The van der Waals surface area contributed by atoms with E-state index in [9.17, 15) is 9.90 Å². The Morgan fingerprint density at radius 3 is 2.37 bits per heavy atom. The molecule has 2 atom stereocenters. The van der Waals surface area contributed by atoms with Gasteiger partial charge in [-0.05, 0) is 56.9 Å². The largest absolute Gasteiger partial charge is 0.445 e. The lowest BCUT2D eigenvalue weighted by Crippen LogP contribution is -2.59. The fourth-order valence-corrected chi connectivity index (χ4v) is 5.27. The summed E-state index contributed by atoms with van der Waals surface area (Å²) >= 11 is 0. The summed E-state index contributed by atoms with van der Waals surface area (Å²) in [5, 5.41) is 11.3. The van der Waals surface area contributed by atoms with Gasteiger partial charge in [-0.2, -0.15) is 0 Å². The zero-order valence-electron chi connectivity index (χ0n) is 18.4. The summed E-state index contributed by atoms with van der Waals surface area (Å²) in [6, 6.07) is 10.1. The van der Waals surface area contributed by atoms with Crippen molar-refractivity contribution < 1.29 is 14.6 Å². The van der Waals surface area contributed by atoms with Crippen LogP contribution in [0.3, 0.4) is 0 Å². The van der Waals surface area contributed by atoms with Gasteiger partial charge in [-0.25, -0.2) is 4.79 Å². The number of fused-ring (bicyclic) bond motifs is 2. The lowest BCUT2D eigenvalue weighted by Gasteiger charge is -2.51. The minimum atomic E-state index is -0.616. The van der Waals surface area contributed by atoms with Crippen LogP contribution >= 0.6 is 0 Å². The number of rotatable bonds is 11. The number of ether oxygens (including phenoxy) is 1. The number of piperidine rings is 2. The highest BCUT2D eigenvalue weighted by molar-refractivity contribution is 5.69. The number of nitrogens with zero attached hydrogens (tertiary/aromatic N) is 1. The van der Waals surface area contributed by atoms with Crippen LogP contribution in [0.1, 0.15) is 89.0 Å². The number of allylic oxidation sites excluding steroid dienone is 1. The molecule has 2 bridgehead atoms. The summed E-state index contributed by atoms with van der Waals surface area (Å²) < 4.78 is 5.62. The van der Waals surface area contributed by atoms with Crippen molar-refractivity contribution in [3.05, 3.63) is 48.6 Å². The van der Waals surface area contributed by atoms with Crippen LogP contribution in [0, 0.1) is 0 Å². The van der Waals surface area contributed by atoms with Crippen molar-refractivity contribution in [1.82, 2.24) is 4.90 Å². The van der Waals surface area contributed by atoms with Crippen LogP contribution in [0.2, 0.25) is 0 Å². The van der Waals surface area contributed by atoms with Gasteiger partial charge in [0.05, 0.1) is 5.60 Å². The molecule has 2 heterocycles. The van der Waals surface area contributed by atoms with Crippen LogP contribution in [0.4, 0.5) is 4.79 Å². The van der Waals surface area contributed by atoms with Gasteiger partial charge >= 0.3 is 6.09 Å². The highest BCUT2D eigenvalue weighted by Gasteiger charge is 2.47. The van der Waals surface area contributed by atoms with Gasteiger partial charge in [-0.1, -0.05) is 68.5 Å². The molecule has 166 valence electrons. The number of carbonyl (C=O) groups is 1. The smallest absolute Gasteiger partial charge is 0.410 e. The van der Waals surface area contributed by atoms with E-state index >= 15 is 0 Å². The van der Waals surface area contributed by atoms with Crippen LogP contribution in [0.15, 0.2) is 43.0 Å². The highest BCUT2D eigenvalue weighted by atomic mass is 16.6. The van der Waals surface area contributed by atoms with E-state index in [1.165, 1.54) is 32.1 Å². The van der Waals surface area contributed by atoms with Crippen LogP contribution < -0.4 is 0 Å². The van der Waals surface area contributed by atoms with Crippen LogP contribution in [-0.2, 0) is 11.3 Å². The molecule has 0 aromatic heterocycles. The van der Waals surface area contributed by atoms with Gasteiger partial charge in [-0.3, -0.25) is 0 Å². The predicted octanol–water partition coefficient (Wildman–Crippen LogP) is 6.38. The molecule has 1 N–H and O–H groups in total. The molecule has 2 unspecified atom stereocenters. The lowest BCUT2D eigenvalue weighted by molar-refractivity contribution is -0.0899. The predicted molar refractivity (Wildman–Crippen MR) is 121 cm³/mol. The van der Waals surface area contributed by atoms with E-state index in [2.05, 4.69) is 6.58 Å². The Labute approximate surface area is 182 Å². The third-order valence-corrected chi connectivity index (χ3v) is 6.81. The maximum absolute atomic E-state index is 12.8. The first-order valence-corrected chi connectivity index (χ1v) is 11.9. The molecule has 2 fully saturated rings. The van der Waals surface area contributed by atoms with Gasteiger partial charge in [0, 0.05) is 12.1 Å². The summed E-state index contributed by atoms with van der Waals surface area (Å²) in [5.74, 6) is 0. The average molecular weight is 414 g/mol. The first-order chi connectivity index (χ1) is 14.6. The van der Waals surface area contributed by atoms with E-state index in [0.29, 0.717) is 19.4 Å². The normalized spacial score (nSPS) is 25.7. The van der Waals surface area contributed by atoms with Crippen molar-refractivity contribution in [2.45, 2.75) is 108 Å². The molecule has 30 heavy (non-hydrogen) atoms. The van der Waals surface area contributed by atoms with Gasteiger partial charge in [0.15, 0.2) is 0 Å². The van der Waals surface area contributed by atoms with Crippen LogP contribution in [-0.4, -0.2) is 33.8 Å². The number of benzene rings is 1. The molecule has 2 aliphatic heterocycles. The molecular formula is C26H39NO3. The first kappa shape index (κ1) is 22.9. The van der Waals surface area contributed by atoms with Gasteiger partial charge < -0.3 is 14.7 Å². The highest BCUT2D eigenvalue weighted by Crippen LogP contribution is 2.41. The van der Waals surface area contributed by atoms with Crippen LogP contribution in [0.25, 0.3) is 0 Å². The maximum Gasteiger partial charge on any atom is 0.410 e. The molecule has 0 spiro atoms. The molecule has 0 aliphatic carbocycles. The number of unbranched alkanes of at least 4 members (excludes halogenated alkanes) is 6. The topological polar surface area (TPSA) is 49.8 Å². The molecule has 4 nitrogen and oxygen atoms in total. The second-order valence-electron chi connectivity index (χ2n) is 9.27. The molecule has 1 aromatic carbocycles. The number of carbonyl (C=O) groups excluding carboxylic acids is 1. The van der Waals surface area contributed by atoms with Gasteiger partial charge in [-0.15, -0.1) is 6.58 Å². The van der Waals surface area contributed by atoms with Gasteiger partial charge in [0.25, 0.3) is 0 Å². The maximum atomic E-state index is 12.8. The van der Waals surface area contributed by atoms with E-state index in [1.54, 1.807) is 0 Å². The second kappa shape index (κ2) is 11.5. The summed E-state index contributed by atoms with van der Waals surface area (Å²) in [5.41, 5.74) is 0.392. The molecule has 0 saturated carbocycles. The lowest BCUT2D eigenvalue weighted by atomic mass is 9.73. The Kier molecular flexibility index (Phi) is 8.80. The summed E-state index contributed by atoms with van der Waals surface area (Å²) in [4.78, 5) is 14.8. The molecule has 1 aromatic rings. The van der Waals surface area contributed by atoms with Crippen molar-refractivity contribution >= 4 is 6.09 Å².